The van der Waals surface area contributed by atoms with E-state index in [1.807, 2.05) is 11.9 Å². The number of piperidine rings is 1. The van der Waals surface area contributed by atoms with Crippen molar-refractivity contribution in [2.45, 2.75) is 25.3 Å². The Morgan fingerprint density at radius 3 is 3.05 bits per heavy atom. The number of nitrogens with zero attached hydrogens (tertiary/aromatic N) is 1. The molecule has 1 aliphatic rings. The van der Waals surface area contributed by atoms with Crippen LogP contribution < -0.4 is 5.32 Å². The molecule has 1 saturated heterocycles. The summed E-state index contributed by atoms with van der Waals surface area (Å²) in [5, 5.41) is 13.4. The molecular formula is C14H19ClN2O2. The van der Waals surface area contributed by atoms with Crippen LogP contribution in [0.4, 0.5) is 0 Å². The fourth-order valence-electron chi connectivity index (χ4n) is 2.55. The van der Waals surface area contributed by atoms with E-state index in [2.05, 4.69) is 5.32 Å². The summed E-state index contributed by atoms with van der Waals surface area (Å²) in [5.41, 5.74) is 0.288. The Morgan fingerprint density at radius 1 is 1.53 bits per heavy atom. The standard InChI is InChI=1S/C14H19ClN2O2/c1-16-9-11-4-2-3-7-17(11)14(19)12-8-10(15)5-6-13(12)18/h5-6,8,11,16,18H,2-4,7,9H2,1H3. The van der Waals surface area contributed by atoms with Gasteiger partial charge in [-0.3, -0.25) is 4.79 Å². The second kappa shape index (κ2) is 6.26. The van der Waals surface area contributed by atoms with E-state index in [9.17, 15) is 9.90 Å². The highest BCUT2D eigenvalue weighted by molar-refractivity contribution is 6.31. The molecule has 1 unspecified atom stereocenters. The van der Waals surface area contributed by atoms with E-state index in [0.29, 0.717) is 5.02 Å². The van der Waals surface area contributed by atoms with Crippen molar-refractivity contribution in [3.63, 3.8) is 0 Å². The number of benzene rings is 1. The quantitative estimate of drug-likeness (QED) is 0.894. The number of likely N-dealkylation sites (N-methyl/N-ethyl adjacent to an activating group) is 1. The number of nitrogens with one attached hydrogen (secondary N) is 1. The second-order valence-corrected chi connectivity index (χ2v) is 5.30. The Morgan fingerprint density at radius 2 is 2.32 bits per heavy atom. The maximum Gasteiger partial charge on any atom is 0.257 e. The van der Waals surface area contributed by atoms with Crippen LogP contribution in [-0.2, 0) is 0 Å². The van der Waals surface area contributed by atoms with Gasteiger partial charge in [0, 0.05) is 24.2 Å². The van der Waals surface area contributed by atoms with Gasteiger partial charge in [-0.05, 0) is 44.5 Å². The van der Waals surface area contributed by atoms with Crippen molar-refractivity contribution in [1.82, 2.24) is 10.2 Å². The molecule has 0 bridgehead atoms. The van der Waals surface area contributed by atoms with Crippen LogP contribution in [0.3, 0.4) is 0 Å². The largest absolute Gasteiger partial charge is 0.507 e. The lowest BCUT2D eigenvalue weighted by Gasteiger charge is -2.36. The first-order chi connectivity index (χ1) is 9.13. The molecule has 1 heterocycles. The summed E-state index contributed by atoms with van der Waals surface area (Å²) in [6, 6.07) is 4.76. The zero-order chi connectivity index (χ0) is 13.8. The topological polar surface area (TPSA) is 52.6 Å². The van der Waals surface area contributed by atoms with Crippen LogP contribution in [0.1, 0.15) is 29.6 Å². The molecule has 1 atom stereocenters. The molecule has 0 radical (unpaired) electrons. The number of rotatable bonds is 3. The van der Waals surface area contributed by atoms with Gasteiger partial charge in [-0.1, -0.05) is 11.6 Å². The smallest absolute Gasteiger partial charge is 0.257 e. The SMILES string of the molecule is CNCC1CCCCN1C(=O)c1cc(Cl)ccc1O. The maximum absolute atomic E-state index is 12.5. The number of halogens is 1. The molecular weight excluding hydrogens is 264 g/mol. The molecule has 19 heavy (non-hydrogen) atoms. The Bertz CT molecular complexity index is 463. The van der Waals surface area contributed by atoms with Gasteiger partial charge in [-0.2, -0.15) is 0 Å². The van der Waals surface area contributed by atoms with E-state index in [1.54, 1.807) is 6.07 Å². The molecule has 1 aliphatic heterocycles. The van der Waals surface area contributed by atoms with Crippen molar-refractivity contribution in [3.8, 4) is 5.75 Å². The molecule has 1 aromatic carbocycles. The number of carbonyl (C=O) groups excluding carboxylic acids is 1. The minimum Gasteiger partial charge on any atom is -0.507 e. The zero-order valence-corrected chi connectivity index (χ0v) is 11.8. The molecule has 1 amide bonds. The Hall–Kier alpha value is -1.26. The van der Waals surface area contributed by atoms with Gasteiger partial charge in [-0.15, -0.1) is 0 Å². The zero-order valence-electron chi connectivity index (χ0n) is 11.0. The van der Waals surface area contributed by atoms with E-state index < -0.39 is 0 Å². The summed E-state index contributed by atoms with van der Waals surface area (Å²) in [6.45, 7) is 1.50. The monoisotopic (exact) mass is 282 g/mol. The summed E-state index contributed by atoms with van der Waals surface area (Å²) in [4.78, 5) is 14.4. The van der Waals surface area contributed by atoms with E-state index in [0.717, 1.165) is 32.4 Å². The highest BCUT2D eigenvalue weighted by Gasteiger charge is 2.28. The number of likely N-dealkylation sites (tertiary alicyclic amines) is 1. The average Bonchev–Trinajstić information content (AvgIpc) is 2.42. The minimum absolute atomic E-state index is 0.0109. The molecule has 2 rings (SSSR count). The van der Waals surface area contributed by atoms with Gasteiger partial charge in [0.25, 0.3) is 5.91 Å². The van der Waals surface area contributed by atoms with Gasteiger partial charge in [0.05, 0.1) is 5.56 Å². The molecule has 1 fully saturated rings. The summed E-state index contributed by atoms with van der Waals surface area (Å²) < 4.78 is 0. The molecule has 0 aromatic heterocycles. The van der Waals surface area contributed by atoms with Gasteiger partial charge in [0.15, 0.2) is 0 Å². The van der Waals surface area contributed by atoms with E-state index in [1.165, 1.54) is 12.1 Å². The highest BCUT2D eigenvalue weighted by Crippen LogP contribution is 2.26. The summed E-state index contributed by atoms with van der Waals surface area (Å²) >= 11 is 5.90. The number of phenolic OH excluding ortho intramolecular Hbond substituents is 1. The first-order valence-electron chi connectivity index (χ1n) is 6.57. The summed E-state index contributed by atoms with van der Waals surface area (Å²) in [7, 11) is 1.88. The highest BCUT2D eigenvalue weighted by atomic mass is 35.5. The fourth-order valence-corrected chi connectivity index (χ4v) is 2.72. The molecule has 5 heteroatoms. The van der Waals surface area contributed by atoms with Crippen LogP contribution in [-0.4, -0.2) is 42.1 Å². The van der Waals surface area contributed by atoms with Crippen molar-refractivity contribution in [1.29, 1.82) is 0 Å². The first kappa shape index (κ1) is 14.2. The molecule has 0 saturated carbocycles. The lowest BCUT2D eigenvalue weighted by Crippen LogP contribution is -2.48. The van der Waals surface area contributed by atoms with Gasteiger partial charge in [-0.25, -0.2) is 0 Å². The average molecular weight is 283 g/mol. The number of aromatic hydroxyl groups is 1. The van der Waals surface area contributed by atoms with Crippen LogP contribution in [0.15, 0.2) is 18.2 Å². The van der Waals surface area contributed by atoms with Crippen molar-refractivity contribution in [2.75, 3.05) is 20.1 Å². The van der Waals surface area contributed by atoms with E-state index in [-0.39, 0.29) is 23.3 Å². The lowest BCUT2D eigenvalue weighted by molar-refractivity contribution is 0.0612. The normalized spacial score (nSPS) is 19.5. The molecule has 2 N–H and O–H groups in total. The number of hydrogen-bond acceptors (Lipinski definition) is 3. The summed E-state index contributed by atoms with van der Waals surface area (Å²) in [5.74, 6) is -0.150. The Balaban J connectivity index is 2.23. The fraction of sp³-hybridized carbons (Fsp3) is 0.500. The van der Waals surface area contributed by atoms with Crippen molar-refractivity contribution >= 4 is 17.5 Å². The number of amides is 1. The predicted octanol–water partition coefficient (Wildman–Crippen LogP) is 2.26. The van der Waals surface area contributed by atoms with Crippen LogP contribution in [0.5, 0.6) is 5.75 Å². The number of carbonyl (C=O) groups is 1. The second-order valence-electron chi connectivity index (χ2n) is 4.87. The molecule has 1 aromatic rings. The van der Waals surface area contributed by atoms with Crippen molar-refractivity contribution in [2.24, 2.45) is 0 Å². The summed E-state index contributed by atoms with van der Waals surface area (Å²) in [6.07, 6.45) is 3.14. The third-order valence-electron chi connectivity index (χ3n) is 3.52. The Kier molecular flexibility index (Phi) is 4.66. The van der Waals surface area contributed by atoms with Crippen LogP contribution in [0.2, 0.25) is 5.02 Å². The van der Waals surface area contributed by atoms with Crippen molar-refractivity contribution < 1.29 is 9.90 Å². The number of hydrogen-bond donors (Lipinski definition) is 2. The molecule has 0 aliphatic carbocycles. The minimum atomic E-state index is -0.139. The van der Waals surface area contributed by atoms with Crippen LogP contribution >= 0.6 is 11.6 Å². The van der Waals surface area contributed by atoms with Crippen LogP contribution in [0, 0.1) is 0 Å². The third kappa shape index (κ3) is 3.19. The van der Waals surface area contributed by atoms with Gasteiger partial charge < -0.3 is 15.3 Å². The van der Waals surface area contributed by atoms with E-state index >= 15 is 0 Å². The van der Waals surface area contributed by atoms with Gasteiger partial charge in [0.2, 0.25) is 0 Å². The molecule has 0 spiro atoms. The first-order valence-corrected chi connectivity index (χ1v) is 6.95. The third-order valence-corrected chi connectivity index (χ3v) is 3.75. The lowest BCUT2D eigenvalue weighted by atomic mass is 10.0. The Labute approximate surface area is 118 Å². The van der Waals surface area contributed by atoms with Crippen molar-refractivity contribution in [3.05, 3.63) is 28.8 Å². The van der Waals surface area contributed by atoms with Crippen LogP contribution in [0.25, 0.3) is 0 Å². The number of phenols is 1. The molecule has 4 nitrogen and oxygen atoms in total. The van der Waals surface area contributed by atoms with Gasteiger partial charge >= 0.3 is 0 Å². The van der Waals surface area contributed by atoms with E-state index in [4.69, 9.17) is 11.6 Å². The van der Waals surface area contributed by atoms with Gasteiger partial charge in [0.1, 0.15) is 5.75 Å². The predicted molar refractivity (Wildman–Crippen MR) is 75.7 cm³/mol. The molecule has 104 valence electrons. The maximum atomic E-state index is 12.5.